The van der Waals surface area contributed by atoms with Gasteiger partial charge in [0.1, 0.15) is 0 Å². The van der Waals surface area contributed by atoms with E-state index >= 15 is 0 Å². The molecular weight excluding hydrogens is 504 g/mol. The molecule has 0 bridgehead atoms. The summed E-state index contributed by atoms with van der Waals surface area (Å²) >= 11 is 0. The van der Waals surface area contributed by atoms with E-state index in [-0.39, 0.29) is 0 Å². The molecule has 0 heteroatoms. The van der Waals surface area contributed by atoms with E-state index in [0.717, 1.165) is 0 Å². The molecule has 0 aliphatic heterocycles. The van der Waals surface area contributed by atoms with Gasteiger partial charge >= 0.3 is 0 Å². The zero-order chi connectivity index (χ0) is 27.9. The summed E-state index contributed by atoms with van der Waals surface area (Å²) in [4.78, 5) is 0. The molecule has 0 unspecified atom stereocenters. The van der Waals surface area contributed by atoms with Crippen molar-refractivity contribution in [2.24, 2.45) is 0 Å². The molecule has 0 saturated heterocycles. The van der Waals surface area contributed by atoms with Crippen LogP contribution in [0.2, 0.25) is 0 Å². The molecule has 0 nitrogen and oxygen atoms in total. The van der Waals surface area contributed by atoms with Crippen LogP contribution in [-0.4, -0.2) is 0 Å². The maximum atomic E-state index is 2.38. The summed E-state index contributed by atoms with van der Waals surface area (Å²) in [5.41, 5.74) is 4.81. The predicted molar refractivity (Wildman–Crippen MR) is 185 cm³/mol. The van der Waals surface area contributed by atoms with E-state index in [4.69, 9.17) is 0 Å². The van der Waals surface area contributed by atoms with E-state index < -0.39 is 0 Å². The van der Waals surface area contributed by atoms with Gasteiger partial charge in [0.05, 0.1) is 0 Å². The summed E-state index contributed by atoms with van der Waals surface area (Å²) in [7, 11) is 0. The van der Waals surface area contributed by atoms with Crippen molar-refractivity contribution in [3.63, 3.8) is 0 Å². The van der Waals surface area contributed by atoms with Gasteiger partial charge in [-0.2, -0.15) is 0 Å². The lowest BCUT2D eigenvalue weighted by atomic mass is 9.86. The third kappa shape index (κ3) is 4.17. The molecule has 0 atom stereocenters. The predicted octanol–water partition coefficient (Wildman–Crippen LogP) is 11.8. The standard InChI is InChI=1S/C42H28/c1-3-11-29(12-4-1)19-21-31-23-25-35-33-15-7-10-18-38(33)42-40-28-32(22-20-30-13-5-2-6-14-30)24-26-36(40)34-16-8-9-17-37(34)41(42)39(35)27-31/h1-28H/b21-19+,22-20+. The van der Waals surface area contributed by atoms with Crippen LogP contribution in [0.1, 0.15) is 22.3 Å². The maximum Gasteiger partial charge on any atom is -0.00137 e. The first-order valence-electron chi connectivity index (χ1n) is 14.5. The molecule has 0 aliphatic rings. The van der Waals surface area contributed by atoms with Gasteiger partial charge in [-0.25, -0.2) is 0 Å². The molecule has 8 aromatic carbocycles. The quantitative estimate of drug-likeness (QED) is 0.156. The van der Waals surface area contributed by atoms with E-state index in [1.165, 1.54) is 76.1 Å². The van der Waals surface area contributed by atoms with E-state index in [1.54, 1.807) is 0 Å². The molecule has 8 aromatic rings. The smallest absolute Gasteiger partial charge is 0.00137 e. The second kappa shape index (κ2) is 10.2. The van der Waals surface area contributed by atoms with Crippen molar-refractivity contribution in [1.82, 2.24) is 0 Å². The fourth-order valence-electron chi connectivity index (χ4n) is 6.43. The lowest BCUT2D eigenvalue weighted by Crippen LogP contribution is -1.89. The monoisotopic (exact) mass is 532 g/mol. The third-order valence-electron chi connectivity index (χ3n) is 8.38. The first-order chi connectivity index (χ1) is 20.8. The van der Waals surface area contributed by atoms with Crippen LogP contribution in [-0.2, 0) is 0 Å². The molecule has 0 radical (unpaired) electrons. The summed E-state index contributed by atoms with van der Waals surface area (Å²) in [6, 6.07) is 52.7. The molecule has 0 aromatic heterocycles. The van der Waals surface area contributed by atoms with E-state index in [2.05, 4.69) is 170 Å². The van der Waals surface area contributed by atoms with Crippen LogP contribution in [0.3, 0.4) is 0 Å². The van der Waals surface area contributed by atoms with Gasteiger partial charge in [0.25, 0.3) is 0 Å². The topological polar surface area (TPSA) is 0 Å². The van der Waals surface area contributed by atoms with E-state index in [9.17, 15) is 0 Å². The summed E-state index contributed by atoms with van der Waals surface area (Å²) in [5.74, 6) is 0. The van der Waals surface area contributed by atoms with Gasteiger partial charge in [-0.1, -0.05) is 158 Å². The third-order valence-corrected chi connectivity index (χ3v) is 8.38. The average molecular weight is 533 g/mol. The molecule has 0 amide bonds. The Hall–Kier alpha value is -5.46. The second-order valence-corrected chi connectivity index (χ2v) is 10.9. The Kier molecular flexibility index (Phi) is 5.90. The van der Waals surface area contributed by atoms with Crippen LogP contribution in [0.4, 0.5) is 0 Å². The van der Waals surface area contributed by atoms with E-state index in [1.807, 2.05) is 0 Å². The number of fused-ring (bicyclic) bond motifs is 11. The zero-order valence-electron chi connectivity index (χ0n) is 23.2. The van der Waals surface area contributed by atoms with Gasteiger partial charge < -0.3 is 0 Å². The Labute approximate surface area is 245 Å². The van der Waals surface area contributed by atoms with Crippen LogP contribution in [0.15, 0.2) is 146 Å². The fraction of sp³-hybridized carbons (Fsp3) is 0. The van der Waals surface area contributed by atoms with Gasteiger partial charge in [0.15, 0.2) is 0 Å². The van der Waals surface area contributed by atoms with Crippen LogP contribution in [0, 0.1) is 0 Å². The van der Waals surface area contributed by atoms with Gasteiger partial charge in [0.2, 0.25) is 0 Å². The van der Waals surface area contributed by atoms with Crippen molar-refractivity contribution in [1.29, 1.82) is 0 Å². The Morgan fingerprint density at radius 2 is 0.571 bits per heavy atom. The Bertz CT molecular complexity index is 2150. The van der Waals surface area contributed by atoms with Crippen molar-refractivity contribution in [2.45, 2.75) is 0 Å². The largest absolute Gasteiger partial charge is 0.0622 e. The first kappa shape index (κ1) is 24.3. The molecule has 196 valence electrons. The van der Waals surface area contributed by atoms with Crippen molar-refractivity contribution < 1.29 is 0 Å². The molecule has 42 heavy (non-hydrogen) atoms. The normalized spacial score (nSPS) is 12.1. The van der Waals surface area contributed by atoms with Gasteiger partial charge in [-0.05, 0) is 88.2 Å². The highest BCUT2D eigenvalue weighted by Gasteiger charge is 2.16. The van der Waals surface area contributed by atoms with E-state index in [0.29, 0.717) is 0 Å². The summed E-state index contributed by atoms with van der Waals surface area (Å²) < 4.78 is 0. The molecule has 0 saturated carbocycles. The first-order valence-corrected chi connectivity index (χ1v) is 14.5. The highest BCUT2D eigenvalue weighted by molar-refractivity contribution is 6.39. The van der Waals surface area contributed by atoms with Crippen molar-refractivity contribution >= 4 is 78.2 Å². The zero-order valence-corrected chi connectivity index (χ0v) is 23.2. The van der Waals surface area contributed by atoms with Crippen LogP contribution >= 0.6 is 0 Å². The Morgan fingerprint density at radius 1 is 0.238 bits per heavy atom. The molecule has 0 fully saturated rings. The number of hydrogen-bond acceptors (Lipinski definition) is 0. The average Bonchev–Trinajstić information content (AvgIpc) is 3.07. The van der Waals surface area contributed by atoms with Gasteiger partial charge in [-0.3, -0.25) is 0 Å². The Morgan fingerprint density at radius 3 is 1.00 bits per heavy atom. The molecule has 0 heterocycles. The van der Waals surface area contributed by atoms with Crippen LogP contribution in [0.5, 0.6) is 0 Å². The SMILES string of the molecule is C(=C\c1ccc2c3ccccc3c3c4cc(/C=C/c5ccccc5)ccc4c4ccccc4c3c2c1)/c1ccccc1. The lowest BCUT2D eigenvalue weighted by Gasteiger charge is -2.17. The number of hydrogen-bond donors (Lipinski definition) is 0. The molecule has 0 spiro atoms. The van der Waals surface area contributed by atoms with Crippen molar-refractivity contribution in [3.8, 4) is 0 Å². The summed E-state index contributed by atoms with van der Waals surface area (Å²) in [6.45, 7) is 0. The lowest BCUT2D eigenvalue weighted by molar-refractivity contribution is 1.66. The minimum absolute atomic E-state index is 1.20. The van der Waals surface area contributed by atoms with Crippen molar-refractivity contribution in [2.75, 3.05) is 0 Å². The molecule has 8 rings (SSSR count). The summed E-state index contributed by atoms with van der Waals surface area (Å²) in [5, 5.41) is 13.0. The summed E-state index contributed by atoms with van der Waals surface area (Å²) in [6.07, 6.45) is 8.85. The second-order valence-electron chi connectivity index (χ2n) is 10.9. The highest BCUT2D eigenvalue weighted by atomic mass is 14.2. The van der Waals surface area contributed by atoms with Gasteiger partial charge in [-0.15, -0.1) is 0 Å². The van der Waals surface area contributed by atoms with Crippen molar-refractivity contribution in [3.05, 3.63) is 168 Å². The maximum absolute atomic E-state index is 2.38. The van der Waals surface area contributed by atoms with Gasteiger partial charge in [0, 0.05) is 0 Å². The molecule has 0 N–H and O–H groups in total. The van der Waals surface area contributed by atoms with Crippen LogP contribution in [0.25, 0.3) is 78.2 Å². The number of benzene rings is 8. The van der Waals surface area contributed by atoms with Crippen LogP contribution < -0.4 is 0 Å². The minimum Gasteiger partial charge on any atom is -0.0622 e. The highest BCUT2D eigenvalue weighted by Crippen LogP contribution is 2.44. The number of rotatable bonds is 4. The molecular formula is C42H28. The minimum atomic E-state index is 1.20. The fourth-order valence-corrected chi connectivity index (χ4v) is 6.43. The Balaban J connectivity index is 1.47. The molecule has 0 aliphatic carbocycles.